The lowest BCUT2D eigenvalue weighted by Crippen LogP contribution is -2.27. The lowest BCUT2D eigenvalue weighted by atomic mass is 10.0. The van der Waals surface area contributed by atoms with E-state index in [4.69, 9.17) is 21.7 Å². The first-order valence-corrected chi connectivity index (χ1v) is 13.5. The first-order chi connectivity index (χ1) is 19.9. The van der Waals surface area contributed by atoms with Crippen LogP contribution < -0.4 is 15.8 Å². The van der Waals surface area contributed by atoms with Gasteiger partial charge in [0.1, 0.15) is 5.65 Å². The lowest BCUT2D eigenvalue weighted by Gasteiger charge is -2.22. The van der Waals surface area contributed by atoms with E-state index in [-0.39, 0.29) is 18.6 Å². The lowest BCUT2D eigenvalue weighted by molar-refractivity contribution is 0.194. The zero-order chi connectivity index (χ0) is 28.9. The summed E-state index contributed by atoms with van der Waals surface area (Å²) in [4.78, 5) is 45.0. The fourth-order valence-electron chi connectivity index (χ4n) is 4.66. The summed E-state index contributed by atoms with van der Waals surface area (Å²) in [5, 5.41) is 12.4. The summed E-state index contributed by atoms with van der Waals surface area (Å²) < 4.78 is 1.56. The van der Waals surface area contributed by atoms with Crippen LogP contribution in [0.2, 0.25) is 5.02 Å². The molecule has 0 unspecified atom stereocenters. The summed E-state index contributed by atoms with van der Waals surface area (Å²) >= 11 is 6.73. The highest BCUT2D eigenvalue weighted by Crippen LogP contribution is 2.32. The van der Waals surface area contributed by atoms with Gasteiger partial charge in [-0.15, -0.1) is 0 Å². The minimum absolute atomic E-state index is 0.184. The van der Waals surface area contributed by atoms with Gasteiger partial charge in [-0.1, -0.05) is 41.9 Å². The summed E-state index contributed by atoms with van der Waals surface area (Å²) in [5.41, 5.74) is 4.29. The molecule has 0 radical (unpaired) electrons. The summed E-state index contributed by atoms with van der Waals surface area (Å²) in [5.74, 6) is 0.456. The summed E-state index contributed by atoms with van der Waals surface area (Å²) in [6.07, 6.45) is 4.31. The number of nitrogens with one attached hydrogen (secondary N) is 1. The number of hydrogen-bond donors (Lipinski definition) is 2. The quantitative estimate of drug-likeness (QED) is 0.217. The van der Waals surface area contributed by atoms with Gasteiger partial charge in [0, 0.05) is 64.8 Å². The van der Waals surface area contributed by atoms with Crippen LogP contribution in [-0.2, 0) is 6.54 Å². The Balaban J connectivity index is 1.61. The first-order valence-electron chi connectivity index (χ1n) is 13.1. The Morgan fingerprint density at radius 3 is 2.56 bits per heavy atom. The predicted octanol–water partition coefficient (Wildman–Crippen LogP) is 5.69. The van der Waals surface area contributed by atoms with E-state index < -0.39 is 6.09 Å². The van der Waals surface area contributed by atoms with Crippen LogP contribution in [-0.4, -0.2) is 48.8 Å². The van der Waals surface area contributed by atoms with Crippen molar-refractivity contribution in [1.29, 1.82) is 0 Å². The molecule has 0 aliphatic rings. The van der Waals surface area contributed by atoms with E-state index in [1.807, 2.05) is 55.1 Å². The molecule has 11 heteroatoms. The number of carbonyl (C=O) groups is 1. The van der Waals surface area contributed by atoms with Gasteiger partial charge in [-0.2, -0.15) is 4.98 Å². The monoisotopic (exact) mass is 569 g/mol. The number of para-hydroxylation sites is 1. The number of nitrogens with zero attached hydrogens (tertiary/aromatic N) is 6. The van der Waals surface area contributed by atoms with Crippen LogP contribution in [0.15, 0.2) is 78.0 Å². The smallest absolute Gasteiger partial charge is 0.404 e. The van der Waals surface area contributed by atoms with Gasteiger partial charge in [0.2, 0.25) is 5.95 Å². The third-order valence-electron chi connectivity index (χ3n) is 6.58. The number of aromatic nitrogens is 5. The Morgan fingerprint density at radius 1 is 1.05 bits per heavy atom. The second-order valence-electron chi connectivity index (χ2n) is 9.37. The molecule has 0 bridgehead atoms. The zero-order valence-electron chi connectivity index (χ0n) is 22.6. The molecule has 208 valence electrons. The van der Waals surface area contributed by atoms with Crippen molar-refractivity contribution < 1.29 is 9.90 Å². The Morgan fingerprint density at radius 2 is 1.85 bits per heavy atom. The van der Waals surface area contributed by atoms with E-state index in [0.717, 1.165) is 16.9 Å². The number of aryl methyl sites for hydroxylation is 2. The Hall–Kier alpha value is -4.83. The van der Waals surface area contributed by atoms with Crippen LogP contribution >= 0.6 is 11.6 Å². The van der Waals surface area contributed by atoms with Gasteiger partial charge in [0.05, 0.1) is 17.6 Å². The predicted molar refractivity (Wildman–Crippen MR) is 160 cm³/mol. The van der Waals surface area contributed by atoms with Crippen LogP contribution in [0.5, 0.6) is 0 Å². The van der Waals surface area contributed by atoms with Crippen molar-refractivity contribution in [2.45, 2.75) is 26.8 Å². The van der Waals surface area contributed by atoms with E-state index in [1.165, 1.54) is 0 Å². The summed E-state index contributed by atoms with van der Waals surface area (Å²) in [6, 6.07) is 16.9. The van der Waals surface area contributed by atoms with Crippen molar-refractivity contribution in [2.24, 2.45) is 0 Å². The number of amides is 1. The van der Waals surface area contributed by atoms with E-state index in [9.17, 15) is 9.59 Å². The molecule has 2 aromatic carbocycles. The van der Waals surface area contributed by atoms with Crippen LogP contribution in [0.25, 0.3) is 33.4 Å². The number of carboxylic acid groups (broad SMARTS) is 1. The molecule has 0 saturated heterocycles. The SMILES string of the molecule is CCN(c1ccccc1)c1ncc2cc(-c3ccc(-c4cncc(C)n4)cc3Cl)c(=O)n(CCCNC(=O)O)c2n1. The fourth-order valence-corrected chi connectivity index (χ4v) is 4.94. The first kappa shape index (κ1) is 27.7. The zero-order valence-corrected chi connectivity index (χ0v) is 23.3. The maximum atomic E-state index is 14.0. The minimum Gasteiger partial charge on any atom is -0.465 e. The van der Waals surface area contributed by atoms with E-state index >= 15 is 0 Å². The standard InChI is InChI=1S/C30H28ClN7O3/c1-3-37(22-8-5-4-6-9-22)29-34-17-21-14-24(28(39)38(27(21)36-29)13-7-12-33-30(40)41)23-11-10-20(15-25(23)31)26-18-32-16-19(2)35-26/h4-6,8-11,14-18,33H,3,7,12-13H2,1-2H3,(H,40,41). The van der Waals surface area contributed by atoms with Crippen molar-refractivity contribution in [3.05, 3.63) is 94.3 Å². The molecule has 0 aliphatic carbocycles. The van der Waals surface area contributed by atoms with Crippen molar-refractivity contribution in [2.75, 3.05) is 18.0 Å². The summed E-state index contributed by atoms with van der Waals surface area (Å²) in [6.45, 7) is 4.91. The highest BCUT2D eigenvalue weighted by Gasteiger charge is 2.18. The molecule has 5 aromatic rings. The van der Waals surface area contributed by atoms with Gasteiger partial charge in [0.25, 0.3) is 5.56 Å². The molecule has 0 spiro atoms. The van der Waals surface area contributed by atoms with Crippen molar-refractivity contribution in [3.63, 3.8) is 0 Å². The van der Waals surface area contributed by atoms with Crippen LogP contribution in [0.3, 0.4) is 0 Å². The van der Waals surface area contributed by atoms with Gasteiger partial charge in [0.15, 0.2) is 0 Å². The topological polar surface area (TPSA) is 126 Å². The Kier molecular flexibility index (Phi) is 8.21. The molecule has 1 amide bonds. The maximum absolute atomic E-state index is 14.0. The van der Waals surface area contributed by atoms with Crippen LogP contribution in [0.1, 0.15) is 19.0 Å². The second-order valence-corrected chi connectivity index (χ2v) is 9.78. The number of fused-ring (bicyclic) bond motifs is 1. The largest absolute Gasteiger partial charge is 0.465 e. The van der Waals surface area contributed by atoms with Crippen molar-refractivity contribution >= 4 is 40.4 Å². The Labute approximate surface area is 241 Å². The normalized spacial score (nSPS) is 11.0. The summed E-state index contributed by atoms with van der Waals surface area (Å²) in [7, 11) is 0. The second kappa shape index (κ2) is 12.1. The number of benzene rings is 2. The molecule has 0 fully saturated rings. The number of pyridine rings is 1. The maximum Gasteiger partial charge on any atom is 0.404 e. The number of rotatable bonds is 9. The van der Waals surface area contributed by atoms with Gasteiger partial charge >= 0.3 is 6.09 Å². The van der Waals surface area contributed by atoms with Gasteiger partial charge in [-0.05, 0) is 44.5 Å². The highest BCUT2D eigenvalue weighted by molar-refractivity contribution is 6.33. The minimum atomic E-state index is -1.12. The van der Waals surface area contributed by atoms with E-state index in [0.29, 0.717) is 51.8 Å². The van der Waals surface area contributed by atoms with Crippen molar-refractivity contribution in [1.82, 2.24) is 29.8 Å². The third-order valence-corrected chi connectivity index (χ3v) is 6.90. The fraction of sp³-hybridized carbons (Fsp3) is 0.200. The molecule has 5 rings (SSSR count). The molecular weight excluding hydrogens is 542 g/mol. The molecule has 3 heterocycles. The Bertz CT molecular complexity index is 1780. The molecule has 0 aliphatic heterocycles. The average molecular weight is 570 g/mol. The van der Waals surface area contributed by atoms with Gasteiger partial charge in [-0.25, -0.2) is 14.8 Å². The number of halogens is 1. The number of hydrogen-bond acceptors (Lipinski definition) is 7. The van der Waals surface area contributed by atoms with Crippen LogP contribution in [0.4, 0.5) is 16.4 Å². The highest BCUT2D eigenvalue weighted by atomic mass is 35.5. The molecule has 10 nitrogen and oxygen atoms in total. The molecule has 2 N–H and O–H groups in total. The molecule has 41 heavy (non-hydrogen) atoms. The van der Waals surface area contributed by atoms with E-state index in [1.54, 1.807) is 41.4 Å². The van der Waals surface area contributed by atoms with Crippen molar-refractivity contribution in [3.8, 4) is 22.4 Å². The molecule has 0 atom stereocenters. The third kappa shape index (κ3) is 6.02. The van der Waals surface area contributed by atoms with Crippen LogP contribution in [0, 0.1) is 6.92 Å². The number of anilines is 2. The van der Waals surface area contributed by atoms with E-state index in [2.05, 4.69) is 20.3 Å². The average Bonchev–Trinajstić information content (AvgIpc) is 2.97. The molecule has 0 saturated carbocycles. The van der Waals surface area contributed by atoms with Gasteiger partial charge < -0.3 is 15.3 Å². The molecule has 3 aromatic heterocycles. The molecular formula is C30H28ClN7O3. The van der Waals surface area contributed by atoms with Gasteiger partial charge in [-0.3, -0.25) is 14.3 Å².